The van der Waals surface area contributed by atoms with E-state index in [1.165, 1.54) is 6.26 Å². The number of sulfonamides is 1. The molecule has 0 aliphatic rings. The number of aromatic nitrogens is 2. The van der Waals surface area contributed by atoms with Gasteiger partial charge < -0.3 is 15.2 Å². The molecule has 0 aliphatic heterocycles. The molecule has 0 saturated heterocycles. The van der Waals surface area contributed by atoms with Crippen LogP contribution >= 0.6 is 0 Å². The van der Waals surface area contributed by atoms with E-state index in [-0.39, 0.29) is 30.4 Å². The van der Waals surface area contributed by atoms with Gasteiger partial charge in [-0.3, -0.25) is 8.93 Å². The van der Waals surface area contributed by atoms with Gasteiger partial charge in [0.05, 0.1) is 23.9 Å². The summed E-state index contributed by atoms with van der Waals surface area (Å²) in [7, 11) is -3.26. The molecule has 0 aliphatic carbocycles. The number of aliphatic hydroxyl groups is 1. The number of fused-ring (bicyclic) bond motifs is 1. The molecule has 1 atom stereocenters. The molecule has 0 radical (unpaired) electrons. The zero-order valence-electron chi connectivity index (χ0n) is 17.9. The van der Waals surface area contributed by atoms with Gasteiger partial charge in [-0.15, -0.1) is 0 Å². The molecule has 3 aromatic rings. The predicted octanol–water partition coefficient (Wildman–Crippen LogP) is 2.43. The molecule has 172 valence electrons. The van der Waals surface area contributed by atoms with Gasteiger partial charge in [-0.2, -0.15) is 0 Å². The van der Waals surface area contributed by atoms with Crippen LogP contribution in [0.2, 0.25) is 0 Å². The lowest BCUT2D eigenvalue weighted by molar-refractivity contribution is 0.299. The van der Waals surface area contributed by atoms with Crippen molar-refractivity contribution in [3.8, 4) is 5.75 Å². The Morgan fingerprint density at radius 3 is 2.41 bits per heavy atom. The summed E-state index contributed by atoms with van der Waals surface area (Å²) in [6, 6.07) is 12.5. The Morgan fingerprint density at radius 1 is 1.09 bits per heavy atom. The number of hydrogen-bond acceptors (Lipinski definition) is 8. The lowest BCUT2D eigenvalue weighted by Crippen LogP contribution is -2.20. The molecule has 3 N–H and O–H groups in total. The maximum Gasteiger partial charge on any atom is 0.234 e. The summed E-state index contributed by atoms with van der Waals surface area (Å²) in [6.45, 7) is -0.0529. The lowest BCUT2D eigenvalue weighted by atomic mass is 10.1. The molecule has 1 unspecified atom stereocenters. The van der Waals surface area contributed by atoms with Gasteiger partial charge in [-0.05, 0) is 36.6 Å². The zero-order valence-corrected chi connectivity index (χ0v) is 19.5. The quantitative estimate of drug-likeness (QED) is 0.383. The number of para-hydroxylation sites is 2. The molecule has 1 aromatic heterocycles. The summed E-state index contributed by atoms with van der Waals surface area (Å²) in [6.07, 6.45) is 2.19. The van der Waals surface area contributed by atoms with Crippen molar-refractivity contribution in [2.45, 2.75) is 12.8 Å². The molecule has 9 nitrogen and oxygen atoms in total. The Labute approximate surface area is 189 Å². The van der Waals surface area contributed by atoms with Gasteiger partial charge in [0.15, 0.2) is 11.6 Å². The van der Waals surface area contributed by atoms with Gasteiger partial charge in [0.1, 0.15) is 5.75 Å². The van der Waals surface area contributed by atoms with Crippen LogP contribution < -0.4 is 14.8 Å². The smallest absolute Gasteiger partial charge is 0.234 e. The van der Waals surface area contributed by atoms with Crippen LogP contribution in [0.3, 0.4) is 0 Å². The summed E-state index contributed by atoms with van der Waals surface area (Å²) in [5, 5.41) is 12.6. The minimum Gasteiger partial charge on any atom is -0.497 e. The Bertz CT molecular complexity index is 1220. The average Bonchev–Trinajstić information content (AvgIpc) is 2.74. The van der Waals surface area contributed by atoms with Crippen molar-refractivity contribution in [2.24, 2.45) is 0 Å². The largest absolute Gasteiger partial charge is 0.497 e. The minimum absolute atomic E-state index is 0.0529. The van der Waals surface area contributed by atoms with Crippen molar-refractivity contribution >= 4 is 49.2 Å². The second-order valence-electron chi connectivity index (χ2n) is 7.08. The first-order chi connectivity index (χ1) is 15.3. The maximum atomic E-state index is 12.6. The Kier molecular flexibility index (Phi) is 7.99. The predicted molar refractivity (Wildman–Crippen MR) is 128 cm³/mol. The summed E-state index contributed by atoms with van der Waals surface area (Å²) < 4.78 is 44.3. The van der Waals surface area contributed by atoms with E-state index in [2.05, 4.69) is 20.0 Å². The molecule has 0 fully saturated rings. The average molecular weight is 479 g/mol. The van der Waals surface area contributed by atoms with Crippen LogP contribution in [-0.2, 0) is 27.2 Å². The van der Waals surface area contributed by atoms with Crippen LogP contribution in [0.1, 0.15) is 12.0 Å². The molecular weight excluding hydrogens is 452 g/mol. The SMILES string of the molecule is COc1ccc(CCO)c(Nc2nc3ccccc3nc2NS(=O)(=O)CCCS(C)=O)c1. The first kappa shape index (κ1) is 23.9. The number of nitrogens with zero attached hydrogens (tertiary/aromatic N) is 2. The highest BCUT2D eigenvalue weighted by Crippen LogP contribution is 2.30. The van der Waals surface area contributed by atoms with E-state index in [0.717, 1.165) is 5.56 Å². The monoisotopic (exact) mass is 478 g/mol. The van der Waals surface area contributed by atoms with Crippen molar-refractivity contribution in [3.05, 3.63) is 48.0 Å². The van der Waals surface area contributed by atoms with Crippen LogP contribution in [0.15, 0.2) is 42.5 Å². The van der Waals surface area contributed by atoms with Crippen LogP contribution in [0.4, 0.5) is 17.3 Å². The molecule has 1 heterocycles. The van der Waals surface area contributed by atoms with E-state index in [1.54, 1.807) is 37.4 Å². The van der Waals surface area contributed by atoms with Gasteiger partial charge in [-0.1, -0.05) is 18.2 Å². The summed E-state index contributed by atoms with van der Waals surface area (Å²) in [5.74, 6) is 0.981. The van der Waals surface area contributed by atoms with Crippen molar-refractivity contribution in [1.82, 2.24) is 9.97 Å². The minimum atomic E-state index is -3.74. The third-order valence-corrected chi connectivity index (χ3v) is 6.81. The van der Waals surface area contributed by atoms with Gasteiger partial charge in [0.25, 0.3) is 0 Å². The van der Waals surface area contributed by atoms with E-state index in [9.17, 15) is 17.7 Å². The van der Waals surface area contributed by atoms with Gasteiger partial charge in [-0.25, -0.2) is 18.4 Å². The first-order valence-corrected chi connectivity index (χ1v) is 13.3. The van der Waals surface area contributed by atoms with Gasteiger partial charge >= 0.3 is 0 Å². The fourth-order valence-corrected chi connectivity index (χ4v) is 4.87. The summed E-state index contributed by atoms with van der Waals surface area (Å²) in [4.78, 5) is 9.03. The molecule has 2 aromatic carbocycles. The molecule has 32 heavy (non-hydrogen) atoms. The summed E-state index contributed by atoms with van der Waals surface area (Å²) >= 11 is 0. The van der Waals surface area contributed by atoms with E-state index in [0.29, 0.717) is 34.6 Å². The lowest BCUT2D eigenvalue weighted by Gasteiger charge is -2.16. The molecule has 0 saturated carbocycles. The fraction of sp³-hybridized carbons (Fsp3) is 0.333. The standard InChI is InChI=1S/C21H26N4O5S2/c1-30-16-9-8-15(10-11-26)19(14-16)24-20-21(23-18-7-4-3-6-17(18)22-20)25-32(28,29)13-5-12-31(2)27/h3-4,6-9,14,26H,5,10-13H2,1-2H3,(H,22,24)(H,23,25). The topological polar surface area (TPSA) is 131 Å². The number of hydrogen-bond donors (Lipinski definition) is 3. The van der Waals surface area contributed by atoms with Gasteiger partial charge in [0.2, 0.25) is 10.0 Å². The van der Waals surface area contributed by atoms with Crippen LogP contribution in [0.25, 0.3) is 11.0 Å². The van der Waals surface area contributed by atoms with Crippen LogP contribution in [0.5, 0.6) is 5.75 Å². The number of ether oxygens (including phenoxy) is 1. The Balaban J connectivity index is 2.00. The molecule has 3 rings (SSSR count). The fourth-order valence-electron chi connectivity index (χ4n) is 3.07. The third kappa shape index (κ3) is 6.38. The van der Waals surface area contributed by atoms with Crippen LogP contribution in [-0.4, -0.2) is 59.2 Å². The molecule has 0 bridgehead atoms. The second-order valence-corrected chi connectivity index (χ2v) is 10.5. The van der Waals surface area contributed by atoms with Gasteiger partial charge in [0, 0.05) is 41.2 Å². The van der Waals surface area contributed by atoms with Crippen molar-refractivity contribution < 1.29 is 22.5 Å². The first-order valence-electron chi connectivity index (χ1n) is 9.93. The maximum absolute atomic E-state index is 12.6. The Morgan fingerprint density at radius 2 is 1.78 bits per heavy atom. The normalized spacial score (nSPS) is 12.5. The molecular formula is C21H26N4O5S2. The highest BCUT2D eigenvalue weighted by molar-refractivity contribution is 7.92. The van der Waals surface area contributed by atoms with E-state index in [1.807, 2.05) is 12.1 Å². The number of anilines is 3. The van der Waals surface area contributed by atoms with E-state index >= 15 is 0 Å². The highest BCUT2D eigenvalue weighted by Gasteiger charge is 2.18. The highest BCUT2D eigenvalue weighted by atomic mass is 32.2. The van der Waals surface area contributed by atoms with Crippen molar-refractivity contribution in [1.29, 1.82) is 0 Å². The molecule has 0 spiro atoms. The number of methoxy groups -OCH3 is 1. The number of benzene rings is 2. The van der Waals surface area contributed by atoms with Crippen molar-refractivity contribution in [2.75, 3.05) is 41.5 Å². The van der Waals surface area contributed by atoms with Crippen LogP contribution in [0, 0.1) is 0 Å². The number of aliphatic hydroxyl groups excluding tert-OH is 1. The Hall–Kier alpha value is -2.76. The third-order valence-electron chi connectivity index (χ3n) is 4.62. The van der Waals surface area contributed by atoms with E-state index in [4.69, 9.17) is 4.74 Å². The molecule has 11 heteroatoms. The van der Waals surface area contributed by atoms with Crippen molar-refractivity contribution in [3.63, 3.8) is 0 Å². The number of nitrogens with one attached hydrogen (secondary N) is 2. The molecule has 0 amide bonds. The number of rotatable bonds is 11. The summed E-state index contributed by atoms with van der Waals surface area (Å²) in [5.41, 5.74) is 2.55. The zero-order chi connectivity index (χ0) is 23.1. The van der Waals surface area contributed by atoms with E-state index < -0.39 is 20.8 Å². The second kappa shape index (κ2) is 10.7.